The van der Waals surface area contributed by atoms with Crippen molar-refractivity contribution in [3.8, 4) is 26.3 Å². The molecule has 5 rings (SSSR count). The van der Waals surface area contributed by atoms with Gasteiger partial charge < -0.3 is 25.4 Å². The Labute approximate surface area is 255 Å². The van der Waals surface area contributed by atoms with Crippen LogP contribution in [0.4, 0.5) is 5.69 Å². The van der Waals surface area contributed by atoms with Gasteiger partial charge in [-0.2, -0.15) is 5.26 Å². The van der Waals surface area contributed by atoms with Crippen molar-refractivity contribution in [3.05, 3.63) is 71.1 Å². The second kappa shape index (κ2) is 12.5. The maximum absolute atomic E-state index is 12.7. The first-order valence-electron chi connectivity index (χ1n) is 13.5. The molecule has 3 heterocycles. The Morgan fingerprint density at radius 2 is 1.53 bits per heavy atom. The Balaban J connectivity index is 1.43. The number of benzene rings is 2. The van der Waals surface area contributed by atoms with Crippen LogP contribution in [0.3, 0.4) is 0 Å². The molecule has 0 aliphatic rings. The van der Waals surface area contributed by atoms with Crippen LogP contribution in [0.25, 0.3) is 48.1 Å². The Kier molecular flexibility index (Phi) is 8.61. The fourth-order valence-electron chi connectivity index (χ4n) is 5.00. The van der Waals surface area contributed by atoms with Crippen molar-refractivity contribution in [3.63, 3.8) is 0 Å². The van der Waals surface area contributed by atoms with E-state index in [2.05, 4.69) is 41.8 Å². The number of hydrogen-bond acceptors (Lipinski definition) is 7. The quantitative estimate of drug-likeness (QED) is 0.0871. The van der Waals surface area contributed by atoms with Crippen molar-refractivity contribution >= 4 is 74.1 Å². The molecule has 0 bridgehead atoms. The minimum atomic E-state index is -1.37. The highest BCUT2D eigenvalue weighted by molar-refractivity contribution is 7.24. The maximum Gasteiger partial charge on any atom is 0.323 e. The SMILES string of the molecule is CCCCn1c2ccc(N)cc2c2cc(-c3ccc(-c4ccc(/C=C(\C#N)C(=O)N(CC(=O)O)CC(=O)O)s4)s3)ccc21. The van der Waals surface area contributed by atoms with Crippen LogP contribution in [0.2, 0.25) is 0 Å². The number of fused-ring (bicyclic) bond motifs is 3. The Hall–Kier alpha value is -4.92. The molecule has 0 radical (unpaired) electrons. The molecule has 0 aliphatic carbocycles. The molecule has 0 saturated carbocycles. The van der Waals surface area contributed by atoms with E-state index in [1.165, 1.54) is 28.4 Å². The number of nitrogen functional groups attached to an aromatic ring is 1. The molecule has 1 amide bonds. The highest BCUT2D eigenvalue weighted by atomic mass is 32.1. The number of aryl methyl sites for hydroxylation is 1. The number of nitrogens with zero attached hydrogens (tertiary/aromatic N) is 3. The van der Waals surface area contributed by atoms with Gasteiger partial charge in [0.1, 0.15) is 24.7 Å². The monoisotopic (exact) mass is 612 g/mol. The van der Waals surface area contributed by atoms with E-state index in [0.717, 1.165) is 56.0 Å². The molecule has 9 nitrogen and oxygen atoms in total. The summed E-state index contributed by atoms with van der Waals surface area (Å²) in [6.45, 7) is 1.48. The number of aromatic nitrogens is 1. The molecule has 3 aromatic heterocycles. The molecule has 0 aliphatic heterocycles. The fourth-order valence-corrected chi connectivity index (χ4v) is 7.04. The predicted octanol–water partition coefficient (Wildman–Crippen LogP) is 6.54. The second-order valence-corrected chi connectivity index (χ2v) is 12.2. The average molecular weight is 613 g/mol. The number of anilines is 1. The molecular weight excluding hydrogens is 585 g/mol. The summed E-state index contributed by atoms with van der Waals surface area (Å²) in [6, 6.07) is 22.1. The van der Waals surface area contributed by atoms with Gasteiger partial charge in [-0.05, 0) is 72.7 Å². The second-order valence-electron chi connectivity index (χ2n) is 10.00. The third kappa shape index (κ3) is 6.30. The number of nitrogens with two attached hydrogens (primary N) is 1. The minimum absolute atomic E-state index is 0.338. The summed E-state index contributed by atoms with van der Waals surface area (Å²) < 4.78 is 2.36. The standard InChI is InChI=1S/C32H28N4O5S2/c1-2-3-12-36-25-7-4-19(14-23(25)24-15-21(34)5-8-26(24)36)27-10-11-29(43-27)28-9-6-22(42-28)13-20(16-33)32(41)35(17-30(37)38)18-31(39)40/h4-11,13-15H,2-3,12,17-18,34H2,1H3,(H,37,38)(H,39,40)/b20-13+. The average Bonchev–Trinajstić information content (AvgIpc) is 3.71. The number of hydrogen-bond donors (Lipinski definition) is 3. The van der Waals surface area contributed by atoms with Crippen molar-refractivity contribution in [1.29, 1.82) is 5.26 Å². The number of aliphatic carboxylic acids is 2. The van der Waals surface area contributed by atoms with Crippen LogP contribution in [0.5, 0.6) is 0 Å². The lowest BCUT2D eigenvalue weighted by Crippen LogP contribution is -2.39. The molecule has 218 valence electrons. The van der Waals surface area contributed by atoms with Crippen molar-refractivity contribution in [2.24, 2.45) is 0 Å². The molecule has 0 unspecified atom stereocenters. The van der Waals surface area contributed by atoms with Crippen LogP contribution in [0, 0.1) is 11.3 Å². The number of amides is 1. The lowest BCUT2D eigenvalue weighted by molar-refractivity contribution is -0.147. The van der Waals surface area contributed by atoms with E-state index in [0.29, 0.717) is 9.78 Å². The van der Waals surface area contributed by atoms with Crippen molar-refractivity contribution in [1.82, 2.24) is 9.47 Å². The molecule has 2 aromatic carbocycles. The summed E-state index contributed by atoms with van der Waals surface area (Å²) in [5.41, 5.74) is 9.98. The number of carbonyl (C=O) groups is 3. The van der Waals surface area contributed by atoms with Crippen molar-refractivity contribution < 1.29 is 24.6 Å². The first-order chi connectivity index (χ1) is 20.7. The number of carboxylic acid groups (broad SMARTS) is 2. The van der Waals surface area contributed by atoms with Gasteiger partial charge in [0.25, 0.3) is 5.91 Å². The smallest absolute Gasteiger partial charge is 0.323 e. The summed E-state index contributed by atoms with van der Waals surface area (Å²) in [4.78, 5) is 39.2. The van der Waals surface area contributed by atoms with Crippen LogP contribution in [0.1, 0.15) is 24.6 Å². The normalized spacial score (nSPS) is 11.6. The molecule has 11 heteroatoms. The Morgan fingerprint density at radius 1 is 0.907 bits per heavy atom. The molecule has 4 N–H and O–H groups in total. The zero-order valence-corrected chi connectivity index (χ0v) is 24.9. The number of unbranched alkanes of at least 4 members (excludes halogenated alkanes) is 1. The van der Waals surface area contributed by atoms with Crippen LogP contribution in [-0.2, 0) is 20.9 Å². The van der Waals surface area contributed by atoms with E-state index in [-0.39, 0.29) is 5.57 Å². The van der Waals surface area contributed by atoms with Gasteiger partial charge in [0, 0.05) is 53.5 Å². The third-order valence-corrected chi connectivity index (χ3v) is 9.32. The van der Waals surface area contributed by atoms with Crippen LogP contribution < -0.4 is 5.73 Å². The molecule has 43 heavy (non-hydrogen) atoms. The van der Waals surface area contributed by atoms with E-state index in [4.69, 9.17) is 15.9 Å². The van der Waals surface area contributed by atoms with Gasteiger partial charge in [0.05, 0.1) is 0 Å². The summed E-state index contributed by atoms with van der Waals surface area (Å²) >= 11 is 3.00. The maximum atomic E-state index is 12.7. The van der Waals surface area contributed by atoms with Crippen molar-refractivity contribution in [2.45, 2.75) is 26.3 Å². The number of rotatable bonds is 11. The molecule has 0 fully saturated rings. The Bertz CT molecular complexity index is 1930. The van der Waals surface area contributed by atoms with Gasteiger partial charge in [-0.3, -0.25) is 14.4 Å². The fraction of sp³-hybridized carbons (Fsp3) is 0.188. The number of carbonyl (C=O) groups excluding carboxylic acids is 1. The number of carboxylic acids is 2. The first-order valence-corrected chi connectivity index (χ1v) is 15.2. The summed E-state index contributed by atoms with van der Waals surface area (Å²) in [6.07, 6.45) is 3.55. The number of nitriles is 1. The predicted molar refractivity (Wildman–Crippen MR) is 171 cm³/mol. The van der Waals surface area contributed by atoms with E-state index in [9.17, 15) is 19.6 Å². The molecule has 0 spiro atoms. The number of thiophene rings is 2. The Morgan fingerprint density at radius 3 is 2.21 bits per heavy atom. The third-order valence-electron chi connectivity index (χ3n) is 6.96. The molecule has 0 atom stereocenters. The molecule has 5 aromatic rings. The summed E-state index contributed by atoms with van der Waals surface area (Å²) in [7, 11) is 0. The van der Waals surface area contributed by atoms with Gasteiger partial charge in [-0.25, -0.2) is 0 Å². The summed E-state index contributed by atoms with van der Waals surface area (Å²) in [5.74, 6) is -3.69. The van der Waals surface area contributed by atoms with Gasteiger partial charge in [-0.15, -0.1) is 22.7 Å². The van der Waals surface area contributed by atoms with Crippen LogP contribution >= 0.6 is 22.7 Å². The van der Waals surface area contributed by atoms with Crippen molar-refractivity contribution in [2.75, 3.05) is 18.8 Å². The van der Waals surface area contributed by atoms with Gasteiger partial charge in [-0.1, -0.05) is 19.4 Å². The largest absolute Gasteiger partial charge is 0.480 e. The van der Waals surface area contributed by atoms with E-state index < -0.39 is 30.9 Å². The van der Waals surface area contributed by atoms with Gasteiger partial charge in [0.15, 0.2) is 0 Å². The van der Waals surface area contributed by atoms with E-state index in [1.807, 2.05) is 24.3 Å². The van der Waals surface area contributed by atoms with Gasteiger partial charge in [0.2, 0.25) is 0 Å². The van der Waals surface area contributed by atoms with Crippen LogP contribution in [-0.4, -0.2) is 50.6 Å². The van der Waals surface area contributed by atoms with E-state index >= 15 is 0 Å². The van der Waals surface area contributed by atoms with Crippen LogP contribution in [0.15, 0.2) is 66.2 Å². The summed E-state index contributed by atoms with van der Waals surface area (Å²) in [5, 5.41) is 30.0. The minimum Gasteiger partial charge on any atom is -0.480 e. The zero-order chi connectivity index (χ0) is 30.7. The lowest BCUT2D eigenvalue weighted by atomic mass is 10.1. The lowest BCUT2D eigenvalue weighted by Gasteiger charge is -2.17. The van der Waals surface area contributed by atoms with E-state index in [1.54, 1.807) is 23.5 Å². The molecular formula is C32H28N4O5S2. The first kappa shape index (κ1) is 29.6. The highest BCUT2D eigenvalue weighted by Crippen LogP contribution is 2.40. The topological polar surface area (TPSA) is 150 Å². The van der Waals surface area contributed by atoms with Gasteiger partial charge >= 0.3 is 11.9 Å². The zero-order valence-electron chi connectivity index (χ0n) is 23.2. The highest BCUT2D eigenvalue weighted by Gasteiger charge is 2.23. The molecule has 0 saturated heterocycles.